The van der Waals surface area contributed by atoms with Crippen molar-refractivity contribution < 1.29 is 19.7 Å². The van der Waals surface area contributed by atoms with Gasteiger partial charge in [0.15, 0.2) is 6.10 Å². The van der Waals surface area contributed by atoms with Crippen LogP contribution in [0.2, 0.25) is 5.02 Å². The molecule has 17 heavy (non-hydrogen) atoms. The van der Waals surface area contributed by atoms with Crippen molar-refractivity contribution >= 4 is 23.3 Å². The van der Waals surface area contributed by atoms with Crippen molar-refractivity contribution in [3.63, 3.8) is 0 Å². The summed E-state index contributed by atoms with van der Waals surface area (Å²) in [6, 6.07) is 4.35. The Hall–Kier alpha value is -1.30. The van der Waals surface area contributed by atoms with E-state index >= 15 is 0 Å². The van der Waals surface area contributed by atoms with Gasteiger partial charge < -0.3 is 20.7 Å². The van der Waals surface area contributed by atoms with Crippen molar-refractivity contribution in [3.8, 4) is 0 Å². The Morgan fingerprint density at radius 3 is 2.65 bits per heavy atom. The SMILES string of the molecule is CCOC(=O)C(O)C(O)c1cc(N)cc(Cl)c1. The van der Waals surface area contributed by atoms with Crippen LogP contribution in [0.3, 0.4) is 0 Å². The van der Waals surface area contributed by atoms with Gasteiger partial charge in [0.1, 0.15) is 6.10 Å². The summed E-state index contributed by atoms with van der Waals surface area (Å²) in [7, 11) is 0. The topological polar surface area (TPSA) is 92.8 Å². The van der Waals surface area contributed by atoms with Gasteiger partial charge in [-0.05, 0) is 30.7 Å². The van der Waals surface area contributed by atoms with E-state index in [-0.39, 0.29) is 12.2 Å². The maximum atomic E-state index is 11.2. The molecule has 0 bridgehead atoms. The van der Waals surface area contributed by atoms with E-state index < -0.39 is 18.2 Å². The van der Waals surface area contributed by atoms with E-state index in [1.807, 2.05) is 0 Å². The number of hydrogen-bond acceptors (Lipinski definition) is 5. The largest absolute Gasteiger partial charge is 0.464 e. The van der Waals surface area contributed by atoms with Crippen LogP contribution in [-0.4, -0.2) is 28.9 Å². The molecule has 4 N–H and O–H groups in total. The van der Waals surface area contributed by atoms with Crippen LogP contribution in [0.15, 0.2) is 18.2 Å². The minimum absolute atomic E-state index is 0.125. The molecule has 2 unspecified atom stereocenters. The molecule has 1 aromatic carbocycles. The van der Waals surface area contributed by atoms with Gasteiger partial charge in [-0.15, -0.1) is 0 Å². The zero-order valence-electron chi connectivity index (χ0n) is 9.26. The van der Waals surface area contributed by atoms with Crippen molar-refractivity contribution in [3.05, 3.63) is 28.8 Å². The van der Waals surface area contributed by atoms with Crippen LogP contribution < -0.4 is 5.73 Å². The molecule has 1 aromatic rings. The van der Waals surface area contributed by atoms with Crippen LogP contribution in [0, 0.1) is 0 Å². The smallest absolute Gasteiger partial charge is 0.338 e. The predicted octanol–water partition coefficient (Wildman–Crippen LogP) is 0.880. The molecule has 0 aliphatic rings. The first-order chi connectivity index (χ1) is 7.95. The molecule has 1 rings (SSSR count). The first-order valence-electron chi connectivity index (χ1n) is 5.04. The Balaban J connectivity index is 2.87. The average Bonchev–Trinajstić information content (AvgIpc) is 2.26. The zero-order valence-corrected chi connectivity index (χ0v) is 10.0. The highest BCUT2D eigenvalue weighted by Crippen LogP contribution is 2.24. The second-order valence-electron chi connectivity index (χ2n) is 3.46. The molecule has 0 amide bonds. The van der Waals surface area contributed by atoms with Crippen LogP contribution in [0.25, 0.3) is 0 Å². The van der Waals surface area contributed by atoms with Gasteiger partial charge in [0.2, 0.25) is 0 Å². The molecule has 0 heterocycles. The maximum Gasteiger partial charge on any atom is 0.338 e. The van der Waals surface area contributed by atoms with Crippen LogP contribution in [0.4, 0.5) is 5.69 Å². The molecular weight excluding hydrogens is 246 g/mol. The molecule has 5 nitrogen and oxygen atoms in total. The normalized spacial score (nSPS) is 14.1. The average molecular weight is 260 g/mol. The Labute approximate surface area is 104 Å². The van der Waals surface area contributed by atoms with Crippen molar-refractivity contribution in [2.75, 3.05) is 12.3 Å². The van der Waals surface area contributed by atoms with E-state index in [0.29, 0.717) is 10.7 Å². The van der Waals surface area contributed by atoms with Gasteiger partial charge in [-0.3, -0.25) is 0 Å². The highest BCUT2D eigenvalue weighted by molar-refractivity contribution is 6.30. The Bertz CT molecular complexity index is 390. The number of esters is 1. The summed E-state index contributed by atoms with van der Waals surface area (Å²) >= 11 is 5.75. The lowest BCUT2D eigenvalue weighted by Crippen LogP contribution is -2.29. The lowest BCUT2D eigenvalue weighted by atomic mass is 10.0. The highest BCUT2D eigenvalue weighted by Gasteiger charge is 2.27. The third-order valence-corrected chi connectivity index (χ3v) is 2.33. The standard InChI is InChI=1S/C11H14ClNO4/c1-2-17-11(16)10(15)9(14)6-3-7(12)5-8(13)4-6/h3-5,9-10,14-15H,2,13H2,1H3. The number of anilines is 1. The minimum atomic E-state index is -1.66. The molecule has 0 aliphatic carbocycles. The number of aliphatic hydroxyl groups is 2. The van der Waals surface area contributed by atoms with E-state index in [1.165, 1.54) is 18.2 Å². The summed E-state index contributed by atoms with van der Waals surface area (Å²) in [5.74, 6) is -0.890. The van der Waals surface area contributed by atoms with Gasteiger partial charge in [0.25, 0.3) is 0 Å². The predicted molar refractivity (Wildman–Crippen MR) is 63.5 cm³/mol. The Morgan fingerprint density at radius 1 is 1.47 bits per heavy atom. The summed E-state index contributed by atoms with van der Waals surface area (Å²) in [5.41, 5.74) is 6.13. The molecule has 2 atom stereocenters. The number of hydrogen-bond donors (Lipinski definition) is 3. The number of rotatable bonds is 4. The number of carbonyl (C=O) groups excluding carboxylic acids is 1. The van der Waals surface area contributed by atoms with E-state index in [9.17, 15) is 15.0 Å². The van der Waals surface area contributed by atoms with Crippen LogP contribution in [0.5, 0.6) is 0 Å². The fourth-order valence-corrected chi connectivity index (χ4v) is 1.60. The van der Waals surface area contributed by atoms with Crippen LogP contribution in [0.1, 0.15) is 18.6 Å². The minimum Gasteiger partial charge on any atom is -0.464 e. The summed E-state index contributed by atoms with van der Waals surface area (Å²) in [6.07, 6.45) is -3.08. The van der Waals surface area contributed by atoms with Gasteiger partial charge in [-0.2, -0.15) is 0 Å². The Morgan fingerprint density at radius 2 is 2.12 bits per heavy atom. The van der Waals surface area contributed by atoms with Crippen molar-refractivity contribution in [2.45, 2.75) is 19.1 Å². The summed E-state index contributed by atoms with van der Waals surface area (Å²) < 4.78 is 4.59. The van der Waals surface area contributed by atoms with Gasteiger partial charge >= 0.3 is 5.97 Å². The van der Waals surface area contributed by atoms with Gasteiger partial charge in [-0.1, -0.05) is 11.6 Å². The fourth-order valence-electron chi connectivity index (χ4n) is 1.35. The zero-order chi connectivity index (χ0) is 13.0. The molecule has 94 valence electrons. The quantitative estimate of drug-likeness (QED) is 0.551. The van der Waals surface area contributed by atoms with E-state index in [1.54, 1.807) is 6.92 Å². The van der Waals surface area contributed by atoms with Gasteiger partial charge in [0, 0.05) is 10.7 Å². The number of nitrogen functional groups attached to an aromatic ring is 1. The molecular formula is C11H14ClNO4. The number of ether oxygens (including phenoxy) is 1. The molecule has 0 fully saturated rings. The van der Waals surface area contributed by atoms with Crippen LogP contribution >= 0.6 is 11.6 Å². The van der Waals surface area contributed by atoms with Crippen molar-refractivity contribution in [1.82, 2.24) is 0 Å². The number of carbonyl (C=O) groups is 1. The van der Waals surface area contributed by atoms with Crippen LogP contribution in [-0.2, 0) is 9.53 Å². The molecule has 0 saturated carbocycles. The second-order valence-corrected chi connectivity index (χ2v) is 3.90. The van der Waals surface area contributed by atoms with Gasteiger partial charge in [0.05, 0.1) is 6.61 Å². The summed E-state index contributed by atoms with van der Waals surface area (Å²) in [6.45, 7) is 1.73. The number of benzene rings is 1. The van der Waals surface area contributed by atoms with Crippen molar-refractivity contribution in [2.24, 2.45) is 0 Å². The number of nitrogens with two attached hydrogens (primary N) is 1. The molecule has 6 heteroatoms. The molecule has 0 aromatic heterocycles. The highest BCUT2D eigenvalue weighted by atomic mass is 35.5. The first kappa shape index (κ1) is 13.8. The molecule has 0 spiro atoms. The lowest BCUT2D eigenvalue weighted by molar-refractivity contribution is -0.159. The van der Waals surface area contributed by atoms with E-state index in [2.05, 4.69) is 4.74 Å². The third kappa shape index (κ3) is 3.59. The number of aliphatic hydroxyl groups excluding tert-OH is 2. The van der Waals surface area contributed by atoms with Gasteiger partial charge in [-0.25, -0.2) is 4.79 Å². The maximum absolute atomic E-state index is 11.2. The monoisotopic (exact) mass is 259 g/mol. The Kier molecular flexibility index (Phi) is 4.74. The second kappa shape index (κ2) is 5.86. The summed E-state index contributed by atoms with van der Waals surface area (Å²) in [4.78, 5) is 11.2. The van der Waals surface area contributed by atoms with Crippen molar-refractivity contribution in [1.29, 1.82) is 0 Å². The lowest BCUT2D eigenvalue weighted by Gasteiger charge is -2.17. The molecule has 0 saturated heterocycles. The first-order valence-corrected chi connectivity index (χ1v) is 5.42. The van der Waals surface area contributed by atoms with E-state index in [0.717, 1.165) is 0 Å². The third-order valence-electron chi connectivity index (χ3n) is 2.11. The molecule has 0 radical (unpaired) electrons. The molecule has 0 aliphatic heterocycles. The summed E-state index contributed by atoms with van der Waals surface area (Å²) in [5, 5.41) is 19.6. The number of halogens is 1. The van der Waals surface area contributed by atoms with E-state index in [4.69, 9.17) is 17.3 Å². The fraction of sp³-hybridized carbons (Fsp3) is 0.364.